The van der Waals surface area contributed by atoms with Gasteiger partial charge in [-0.25, -0.2) is 0 Å². The van der Waals surface area contributed by atoms with Crippen molar-refractivity contribution in [1.29, 1.82) is 0 Å². The monoisotopic (exact) mass is 1010 g/mol. The summed E-state index contributed by atoms with van der Waals surface area (Å²) in [5.74, 6) is -0.873. The predicted molar refractivity (Wildman–Crippen MR) is 312 cm³/mol. The van der Waals surface area contributed by atoms with Crippen molar-refractivity contribution < 1.29 is 28.6 Å². The van der Waals surface area contributed by atoms with Crippen molar-refractivity contribution in [2.45, 2.75) is 329 Å². The molecule has 72 heavy (non-hydrogen) atoms. The number of hydrogen-bond donors (Lipinski definition) is 0. The first-order valence-electron chi connectivity index (χ1n) is 31.3. The van der Waals surface area contributed by atoms with Crippen molar-refractivity contribution >= 4 is 17.9 Å². The average Bonchev–Trinajstić information content (AvgIpc) is 3.38. The van der Waals surface area contributed by atoms with E-state index >= 15 is 0 Å². The van der Waals surface area contributed by atoms with Crippen molar-refractivity contribution in [3.05, 3.63) is 60.8 Å². The summed E-state index contributed by atoms with van der Waals surface area (Å²) >= 11 is 0. The normalized spacial score (nSPS) is 12.4. The van der Waals surface area contributed by atoms with E-state index in [0.717, 1.165) is 96.3 Å². The molecule has 0 fully saturated rings. The quantitative estimate of drug-likeness (QED) is 0.0261. The van der Waals surface area contributed by atoms with E-state index in [4.69, 9.17) is 14.2 Å². The minimum atomic E-state index is -0.772. The van der Waals surface area contributed by atoms with Crippen LogP contribution in [0.5, 0.6) is 0 Å². The lowest BCUT2D eigenvalue weighted by Crippen LogP contribution is -2.30. The first-order chi connectivity index (χ1) is 35.5. The van der Waals surface area contributed by atoms with Crippen molar-refractivity contribution in [3.8, 4) is 0 Å². The summed E-state index contributed by atoms with van der Waals surface area (Å²) in [5.41, 5.74) is 0. The summed E-state index contributed by atoms with van der Waals surface area (Å²) in [7, 11) is 0. The number of allylic oxidation sites excluding steroid dienone is 10. The molecule has 418 valence electrons. The number of carbonyl (C=O) groups is 3. The molecule has 0 radical (unpaired) electrons. The molecule has 0 rings (SSSR count). The van der Waals surface area contributed by atoms with Crippen LogP contribution in [0.15, 0.2) is 60.8 Å². The number of hydrogen-bond acceptors (Lipinski definition) is 6. The van der Waals surface area contributed by atoms with Gasteiger partial charge in [-0.1, -0.05) is 300 Å². The Labute approximate surface area is 447 Å². The molecule has 0 amide bonds. The van der Waals surface area contributed by atoms with Crippen molar-refractivity contribution in [2.24, 2.45) is 0 Å². The second-order valence-corrected chi connectivity index (χ2v) is 21.0. The maximum Gasteiger partial charge on any atom is 0.306 e. The van der Waals surface area contributed by atoms with Gasteiger partial charge in [-0.15, -0.1) is 0 Å². The standard InChI is InChI=1S/C66H118O6/c1-4-7-10-13-16-18-20-22-24-26-28-30-32-33-35-36-38-40-42-44-46-48-50-53-56-59-65(68)71-62-63(61-70-64(67)58-55-52-15-12-9-6-3)72-66(69)60-57-54-51-49-47-45-43-41-39-37-34-31-29-27-25-23-21-19-17-14-11-8-5-2/h7,10,16,18,22,24,28,30,33,35,63H,4-6,8-9,11-15,17,19-21,23,25-27,29,31-32,34,36-62H2,1-3H3/b10-7-,18-16-,24-22-,30-28-,35-33-. The molecule has 0 aromatic carbocycles. The number of ether oxygens (including phenoxy) is 3. The fourth-order valence-electron chi connectivity index (χ4n) is 9.12. The molecule has 0 N–H and O–H groups in total. The van der Waals surface area contributed by atoms with E-state index < -0.39 is 6.10 Å². The predicted octanol–water partition coefficient (Wildman–Crippen LogP) is 21.2. The molecule has 1 atom stereocenters. The molecule has 6 heteroatoms. The second-order valence-electron chi connectivity index (χ2n) is 21.0. The second kappa shape index (κ2) is 60.7. The molecule has 0 bridgehead atoms. The Morgan fingerprint density at radius 3 is 0.847 bits per heavy atom. The minimum Gasteiger partial charge on any atom is -0.462 e. The molecule has 0 aromatic rings. The van der Waals surface area contributed by atoms with Gasteiger partial charge < -0.3 is 14.2 Å². The van der Waals surface area contributed by atoms with E-state index in [-0.39, 0.29) is 31.1 Å². The van der Waals surface area contributed by atoms with Crippen LogP contribution in [0.1, 0.15) is 323 Å². The van der Waals surface area contributed by atoms with E-state index in [9.17, 15) is 14.4 Å². The number of rotatable bonds is 57. The zero-order valence-electron chi connectivity index (χ0n) is 47.9. The summed E-state index contributed by atoms with van der Waals surface area (Å²) in [6.45, 7) is 6.51. The molecule has 6 nitrogen and oxygen atoms in total. The Hall–Kier alpha value is -2.89. The van der Waals surface area contributed by atoms with Gasteiger partial charge in [-0.2, -0.15) is 0 Å². The van der Waals surface area contributed by atoms with Crippen molar-refractivity contribution in [1.82, 2.24) is 0 Å². The fourth-order valence-corrected chi connectivity index (χ4v) is 9.12. The average molecular weight is 1010 g/mol. The maximum atomic E-state index is 12.8. The van der Waals surface area contributed by atoms with Gasteiger partial charge in [-0.05, 0) is 64.2 Å². The van der Waals surface area contributed by atoms with Gasteiger partial charge in [0, 0.05) is 19.3 Å². The summed E-state index contributed by atoms with van der Waals surface area (Å²) < 4.78 is 16.8. The zero-order chi connectivity index (χ0) is 52.2. The van der Waals surface area contributed by atoms with Crippen LogP contribution in [0, 0.1) is 0 Å². The van der Waals surface area contributed by atoms with Crippen molar-refractivity contribution in [2.75, 3.05) is 13.2 Å². The third-order valence-electron chi connectivity index (χ3n) is 13.8. The van der Waals surface area contributed by atoms with Gasteiger partial charge >= 0.3 is 17.9 Å². The van der Waals surface area contributed by atoms with Crippen LogP contribution < -0.4 is 0 Å². The molecule has 1 unspecified atom stereocenters. The molecular formula is C66H118O6. The number of carbonyl (C=O) groups excluding carboxylic acids is 3. The first kappa shape index (κ1) is 69.1. The van der Waals surface area contributed by atoms with Crippen LogP contribution >= 0.6 is 0 Å². The topological polar surface area (TPSA) is 78.9 Å². The molecule has 0 aliphatic rings. The van der Waals surface area contributed by atoms with Gasteiger partial charge in [0.15, 0.2) is 6.10 Å². The zero-order valence-corrected chi connectivity index (χ0v) is 47.9. The van der Waals surface area contributed by atoms with E-state index in [1.807, 2.05) is 0 Å². The third kappa shape index (κ3) is 58.0. The minimum absolute atomic E-state index is 0.0729. The Morgan fingerprint density at radius 1 is 0.292 bits per heavy atom. The highest BCUT2D eigenvalue weighted by Gasteiger charge is 2.19. The van der Waals surface area contributed by atoms with Gasteiger partial charge in [0.25, 0.3) is 0 Å². The van der Waals surface area contributed by atoms with E-state index in [1.54, 1.807) is 0 Å². The fraction of sp³-hybridized carbons (Fsp3) is 0.803. The highest BCUT2D eigenvalue weighted by molar-refractivity contribution is 5.71. The van der Waals surface area contributed by atoms with Gasteiger partial charge in [-0.3, -0.25) is 14.4 Å². The summed E-state index contributed by atoms with van der Waals surface area (Å²) in [5, 5.41) is 0. The SMILES string of the molecule is CC/C=C\C/C=C\C/C=C\C/C=C\C/C=C\CCCCCCCCCCCC(=O)OCC(COC(=O)CCCCCCCC)OC(=O)CCCCCCCCCCCCCCCCCCCCCCCCC. The third-order valence-corrected chi connectivity index (χ3v) is 13.8. The Bertz CT molecular complexity index is 1290. The van der Waals surface area contributed by atoms with Gasteiger partial charge in [0.1, 0.15) is 13.2 Å². The summed E-state index contributed by atoms with van der Waals surface area (Å²) in [6.07, 6.45) is 76.9. The van der Waals surface area contributed by atoms with Crippen LogP contribution in [0.3, 0.4) is 0 Å². The largest absolute Gasteiger partial charge is 0.462 e. The van der Waals surface area contributed by atoms with Crippen LogP contribution in [0.25, 0.3) is 0 Å². The van der Waals surface area contributed by atoms with E-state index in [0.29, 0.717) is 19.3 Å². The van der Waals surface area contributed by atoms with E-state index in [2.05, 4.69) is 81.5 Å². The van der Waals surface area contributed by atoms with Crippen LogP contribution in [-0.2, 0) is 28.6 Å². The maximum absolute atomic E-state index is 12.8. The number of esters is 3. The lowest BCUT2D eigenvalue weighted by atomic mass is 10.0. The van der Waals surface area contributed by atoms with Gasteiger partial charge in [0.2, 0.25) is 0 Å². The van der Waals surface area contributed by atoms with Crippen LogP contribution in [0.4, 0.5) is 0 Å². The van der Waals surface area contributed by atoms with Gasteiger partial charge in [0.05, 0.1) is 0 Å². The Morgan fingerprint density at radius 2 is 0.542 bits per heavy atom. The number of unbranched alkanes of at least 4 members (excludes halogenated alkanes) is 36. The lowest BCUT2D eigenvalue weighted by Gasteiger charge is -2.18. The summed E-state index contributed by atoms with van der Waals surface area (Å²) in [6, 6.07) is 0. The highest BCUT2D eigenvalue weighted by atomic mass is 16.6. The molecule has 0 aromatic heterocycles. The first-order valence-corrected chi connectivity index (χ1v) is 31.3. The molecule has 0 spiro atoms. The molecule has 0 aliphatic carbocycles. The van der Waals surface area contributed by atoms with Crippen LogP contribution in [-0.4, -0.2) is 37.2 Å². The molecule has 0 saturated heterocycles. The van der Waals surface area contributed by atoms with E-state index in [1.165, 1.54) is 186 Å². The summed E-state index contributed by atoms with van der Waals surface area (Å²) in [4.78, 5) is 38.0. The molecule has 0 aliphatic heterocycles. The smallest absolute Gasteiger partial charge is 0.306 e. The highest BCUT2D eigenvalue weighted by Crippen LogP contribution is 2.17. The molecule has 0 heterocycles. The Kier molecular flexibility index (Phi) is 58.2. The van der Waals surface area contributed by atoms with Crippen LogP contribution in [0.2, 0.25) is 0 Å². The molecular weight excluding hydrogens is 889 g/mol. The lowest BCUT2D eigenvalue weighted by molar-refractivity contribution is -0.167. The van der Waals surface area contributed by atoms with Crippen molar-refractivity contribution in [3.63, 3.8) is 0 Å². The molecule has 0 saturated carbocycles. The Balaban J connectivity index is 4.09.